The van der Waals surface area contributed by atoms with Crippen molar-refractivity contribution in [3.8, 4) is 0 Å². The second-order valence-corrected chi connectivity index (χ2v) is 7.28. The summed E-state index contributed by atoms with van der Waals surface area (Å²) in [6.07, 6.45) is 5.54. The SMILES string of the molecule is O=C(C[C@@H]1CC[C@@H](NC(=O)C2CCC2)[C@@H](CO)O1)Nc1nccs1. The van der Waals surface area contributed by atoms with E-state index >= 15 is 0 Å². The third-order valence-electron chi connectivity index (χ3n) is 4.69. The Morgan fingerprint density at radius 3 is 2.79 bits per heavy atom. The molecule has 1 saturated heterocycles. The van der Waals surface area contributed by atoms with Crippen molar-refractivity contribution < 1.29 is 19.4 Å². The molecule has 1 saturated carbocycles. The van der Waals surface area contributed by atoms with Gasteiger partial charge in [0.1, 0.15) is 6.10 Å². The van der Waals surface area contributed by atoms with Gasteiger partial charge in [-0.15, -0.1) is 11.3 Å². The number of thiazole rings is 1. The van der Waals surface area contributed by atoms with Gasteiger partial charge in [-0.1, -0.05) is 6.42 Å². The summed E-state index contributed by atoms with van der Waals surface area (Å²) in [6, 6.07) is -0.179. The van der Waals surface area contributed by atoms with Gasteiger partial charge in [0.2, 0.25) is 11.8 Å². The Morgan fingerprint density at radius 1 is 1.33 bits per heavy atom. The molecule has 3 rings (SSSR count). The maximum Gasteiger partial charge on any atom is 0.228 e. The van der Waals surface area contributed by atoms with E-state index in [1.54, 1.807) is 11.6 Å². The van der Waals surface area contributed by atoms with Gasteiger partial charge < -0.3 is 20.5 Å². The van der Waals surface area contributed by atoms with Crippen molar-refractivity contribution in [2.45, 2.75) is 56.8 Å². The number of carbonyl (C=O) groups excluding carboxylic acids is 2. The zero-order chi connectivity index (χ0) is 16.9. The van der Waals surface area contributed by atoms with Crippen molar-refractivity contribution in [1.82, 2.24) is 10.3 Å². The predicted octanol–water partition coefficient (Wildman–Crippen LogP) is 1.30. The highest BCUT2D eigenvalue weighted by Crippen LogP contribution is 2.28. The normalized spacial score (nSPS) is 27.3. The zero-order valence-electron chi connectivity index (χ0n) is 13.4. The van der Waals surface area contributed by atoms with Crippen molar-refractivity contribution >= 4 is 28.3 Å². The van der Waals surface area contributed by atoms with E-state index in [0.29, 0.717) is 18.0 Å². The van der Waals surface area contributed by atoms with Crippen molar-refractivity contribution in [3.05, 3.63) is 11.6 Å². The number of rotatable bonds is 6. The van der Waals surface area contributed by atoms with Gasteiger partial charge in [-0.3, -0.25) is 9.59 Å². The van der Waals surface area contributed by atoms with Crippen LogP contribution in [0.3, 0.4) is 0 Å². The summed E-state index contributed by atoms with van der Waals surface area (Å²) < 4.78 is 5.83. The fourth-order valence-corrected chi connectivity index (χ4v) is 3.63. The topological polar surface area (TPSA) is 101 Å². The first-order chi connectivity index (χ1) is 11.7. The van der Waals surface area contributed by atoms with Crippen LogP contribution < -0.4 is 10.6 Å². The quantitative estimate of drug-likeness (QED) is 0.716. The first-order valence-corrected chi connectivity index (χ1v) is 9.29. The van der Waals surface area contributed by atoms with E-state index in [-0.39, 0.29) is 42.9 Å². The Labute approximate surface area is 144 Å². The summed E-state index contributed by atoms with van der Waals surface area (Å²) in [5.41, 5.74) is 0. The van der Waals surface area contributed by atoms with Crippen LogP contribution in [0.4, 0.5) is 5.13 Å². The molecule has 1 aliphatic carbocycles. The number of amides is 2. The predicted molar refractivity (Wildman–Crippen MR) is 89.6 cm³/mol. The van der Waals surface area contributed by atoms with Gasteiger partial charge >= 0.3 is 0 Å². The van der Waals surface area contributed by atoms with E-state index in [4.69, 9.17) is 4.74 Å². The van der Waals surface area contributed by atoms with E-state index in [9.17, 15) is 14.7 Å². The molecular weight excluding hydrogens is 330 g/mol. The summed E-state index contributed by atoms with van der Waals surface area (Å²) >= 11 is 1.36. The number of aromatic nitrogens is 1. The Balaban J connectivity index is 1.46. The summed E-state index contributed by atoms with van der Waals surface area (Å²) in [5, 5.41) is 17.7. The number of aliphatic hydroxyl groups excluding tert-OH is 1. The number of anilines is 1. The van der Waals surface area contributed by atoms with Crippen molar-refractivity contribution in [3.63, 3.8) is 0 Å². The van der Waals surface area contributed by atoms with Crippen LogP contribution in [-0.4, -0.2) is 46.8 Å². The van der Waals surface area contributed by atoms with Crippen LogP contribution in [0.1, 0.15) is 38.5 Å². The largest absolute Gasteiger partial charge is 0.394 e. The molecule has 8 heteroatoms. The molecule has 1 aromatic rings. The number of aliphatic hydroxyl groups is 1. The molecule has 0 aromatic carbocycles. The molecule has 3 N–H and O–H groups in total. The molecule has 3 atom stereocenters. The minimum atomic E-state index is -0.458. The molecule has 132 valence electrons. The van der Waals surface area contributed by atoms with Crippen molar-refractivity contribution in [1.29, 1.82) is 0 Å². The number of carbonyl (C=O) groups is 2. The lowest BCUT2D eigenvalue weighted by Crippen LogP contribution is -2.53. The smallest absolute Gasteiger partial charge is 0.228 e. The second-order valence-electron chi connectivity index (χ2n) is 6.39. The van der Waals surface area contributed by atoms with Gasteiger partial charge in [0, 0.05) is 17.5 Å². The molecular formula is C16H23N3O4S. The van der Waals surface area contributed by atoms with Crippen LogP contribution in [0.25, 0.3) is 0 Å². The molecule has 0 unspecified atom stereocenters. The van der Waals surface area contributed by atoms with Crippen LogP contribution >= 0.6 is 11.3 Å². The molecule has 7 nitrogen and oxygen atoms in total. The molecule has 0 spiro atoms. The van der Waals surface area contributed by atoms with Gasteiger partial charge in [-0.2, -0.15) is 0 Å². The molecule has 24 heavy (non-hydrogen) atoms. The minimum Gasteiger partial charge on any atom is -0.394 e. The van der Waals surface area contributed by atoms with E-state index in [1.165, 1.54) is 11.3 Å². The highest BCUT2D eigenvalue weighted by molar-refractivity contribution is 7.13. The highest BCUT2D eigenvalue weighted by atomic mass is 32.1. The third-order valence-corrected chi connectivity index (χ3v) is 5.38. The molecule has 2 amide bonds. The maximum absolute atomic E-state index is 12.1. The number of ether oxygens (including phenoxy) is 1. The Kier molecular flexibility index (Phi) is 5.80. The average Bonchev–Trinajstić information content (AvgIpc) is 2.99. The lowest BCUT2D eigenvalue weighted by molar-refractivity contribution is -0.137. The van der Waals surface area contributed by atoms with E-state index in [2.05, 4.69) is 15.6 Å². The molecule has 2 fully saturated rings. The summed E-state index contributed by atoms with van der Waals surface area (Å²) in [5.74, 6) is 0.0306. The number of nitrogens with zero attached hydrogens (tertiary/aromatic N) is 1. The van der Waals surface area contributed by atoms with E-state index in [1.807, 2.05) is 0 Å². The monoisotopic (exact) mass is 353 g/mol. The van der Waals surface area contributed by atoms with Crippen molar-refractivity contribution in [2.75, 3.05) is 11.9 Å². The fraction of sp³-hybridized carbons (Fsp3) is 0.688. The van der Waals surface area contributed by atoms with Crippen LogP contribution in [0.2, 0.25) is 0 Å². The minimum absolute atomic E-state index is 0.0632. The molecule has 2 heterocycles. The molecule has 0 radical (unpaired) electrons. The average molecular weight is 353 g/mol. The van der Waals surface area contributed by atoms with Crippen LogP contribution in [0, 0.1) is 5.92 Å². The molecule has 1 aromatic heterocycles. The number of hydrogen-bond acceptors (Lipinski definition) is 6. The second kappa shape index (κ2) is 8.04. The standard InChI is InChI=1S/C16H23N3O4S/c20-9-13-12(18-15(22)10-2-1-3-10)5-4-11(23-13)8-14(21)19-16-17-6-7-24-16/h6-7,10-13,20H,1-5,8-9H2,(H,18,22)(H,17,19,21)/t11-,12+,13+/m0/s1. The van der Waals surface area contributed by atoms with Crippen LogP contribution in [0.15, 0.2) is 11.6 Å². The zero-order valence-corrected chi connectivity index (χ0v) is 14.3. The Bertz CT molecular complexity index is 562. The summed E-state index contributed by atoms with van der Waals surface area (Å²) in [4.78, 5) is 28.1. The Morgan fingerprint density at radius 2 is 2.17 bits per heavy atom. The fourth-order valence-electron chi connectivity index (χ4n) is 3.08. The Hall–Kier alpha value is -1.51. The lowest BCUT2D eigenvalue weighted by Gasteiger charge is -2.37. The van der Waals surface area contributed by atoms with Gasteiger partial charge in [-0.25, -0.2) is 4.98 Å². The van der Waals surface area contributed by atoms with Gasteiger partial charge in [0.05, 0.1) is 25.2 Å². The third kappa shape index (κ3) is 4.31. The summed E-state index contributed by atoms with van der Waals surface area (Å²) in [7, 11) is 0. The van der Waals surface area contributed by atoms with Gasteiger partial charge in [0.15, 0.2) is 5.13 Å². The van der Waals surface area contributed by atoms with E-state index < -0.39 is 6.10 Å². The van der Waals surface area contributed by atoms with Crippen LogP contribution in [0.5, 0.6) is 0 Å². The first-order valence-electron chi connectivity index (χ1n) is 8.41. The lowest BCUT2D eigenvalue weighted by atomic mass is 9.84. The van der Waals surface area contributed by atoms with E-state index in [0.717, 1.165) is 19.3 Å². The van der Waals surface area contributed by atoms with Crippen molar-refractivity contribution in [2.24, 2.45) is 5.92 Å². The molecule has 0 bridgehead atoms. The maximum atomic E-state index is 12.1. The highest BCUT2D eigenvalue weighted by Gasteiger charge is 2.35. The number of nitrogens with one attached hydrogen (secondary N) is 2. The molecule has 2 aliphatic rings. The summed E-state index contributed by atoms with van der Waals surface area (Å²) in [6.45, 7) is -0.166. The van der Waals surface area contributed by atoms with Gasteiger partial charge in [-0.05, 0) is 25.7 Å². The number of hydrogen-bond donors (Lipinski definition) is 3. The van der Waals surface area contributed by atoms with Crippen LogP contribution in [-0.2, 0) is 14.3 Å². The first kappa shape index (κ1) is 17.3. The molecule has 1 aliphatic heterocycles. The van der Waals surface area contributed by atoms with Gasteiger partial charge in [0.25, 0.3) is 0 Å².